The third-order valence-corrected chi connectivity index (χ3v) is 10.6. The SMILES string of the molecule is Cc1cccc2c1C1(CC2)CCc2cccc(C)c21.Cc1cccc2c1C1(CC2)CCc2cccc(C)c21. The average molecular weight is 497 g/mol. The first-order valence-corrected chi connectivity index (χ1v) is 14.8. The molecule has 0 aliphatic heterocycles. The van der Waals surface area contributed by atoms with Crippen LogP contribution in [0.5, 0.6) is 0 Å². The molecule has 0 amide bonds. The standard InChI is InChI=1S/2C19H20/c2*1-13-5-3-7-15-9-11-19(17(13)15)12-10-16-8-4-6-14(2)18(16)19/h2*3-8H,9-12H2,1-2H3. The molecule has 0 radical (unpaired) electrons. The fraction of sp³-hybridized carbons (Fsp3) is 0.368. The molecular formula is C38H40. The van der Waals surface area contributed by atoms with Gasteiger partial charge in [0.2, 0.25) is 0 Å². The maximum absolute atomic E-state index is 2.34. The molecule has 4 aromatic rings. The van der Waals surface area contributed by atoms with E-state index in [-0.39, 0.29) is 0 Å². The summed E-state index contributed by atoms with van der Waals surface area (Å²) in [6.07, 6.45) is 10.3. The first kappa shape index (κ1) is 24.0. The third-order valence-electron chi connectivity index (χ3n) is 10.6. The van der Waals surface area contributed by atoms with E-state index in [2.05, 4.69) is 100 Å². The zero-order valence-corrected chi connectivity index (χ0v) is 23.6. The first-order chi connectivity index (χ1) is 18.4. The van der Waals surface area contributed by atoms with Gasteiger partial charge in [-0.15, -0.1) is 0 Å². The van der Waals surface area contributed by atoms with Crippen LogP contribution in [0.1, 0.15) is 92.4 Å². The molecule has 0 N–H and O–H groups in total. The minimum Gasteiger partial charge on any atom is -0.0617 e. The summed E-state index contributed by atoms with van der Waals surface area (Å²) >= 11 is 0. The van der Waals surface area contributed by atoms with Gasteiger partial charge in [0.15, 0.2) is 0 Å². The Morgan fingerprint density at radius 1 is 0.368 bits per heavy atom. The molecule has 0 heteroatoms. The fourth-order valence-electron chi connectivity index (χ4n) is 9.38. The van der Waals surface area contributed by atoms with Gasteiger partial charge in [0.1, 0.15) is 0 Å². The van der Waals surface area contributed by atoms with Crippen molar-refractivity contribution in [3.63, 3.8) is 0 Å². The van der Waals surface area contributed by atoms with Crippen LogP contribution in [0.2, 0.25) is 0 Å². The predicted octanol–water partition coefficient (Wildman–Crippen LogP) is 8.96. The fourth-order valence-corrected chi connectivity index (χ4v) is 9.38. The Morgan fingerprint density at radius 3 is 0.842 bits per heavy atom. The number of hydrogen-bond donors (Lipinski definition) is 0. The monoisotopic (exact) mass is 496 g/mol. The van der Waals surface area contributed by atoms with E-state index in [0.717, 1.165) is 0 Å². The topological polar surface area (TPSA) is 0 Å². The van der Waals surface area contributed by atoms with Crippen LogP contribution in [0.25, 0.3) is 0 Å². The van der Waals surface area contributed by atoms with Crippen LogP contribution in [-0.2, 0) is 36.5 Å². The van der Waals surface area contributed by atoms with E-state index in [1.165, 1.54) is 73.6 Å². The Balaban J connectivity index is 0.000000127. The molecule has 192 valence electrons. The van der Waals surface area contributed by atoms with Crippen LogP contribution in [0.3, 0.4) is 0 Å². The third kappa shape index (κ3) is 3.28. The number of benzene rings is 4. The molecule has 8 rings (SSSR count). The Kier molecular flexibility index (Phi) is 5.49. The summed E-state index contributed by atoms with van der Waals surface area (Å²) in [4.78, 5) is 0. The Hall–Kier alpha value is -3.12. The maximum atomic E-state index is 2.34. The molecule has 4 aliphatic carbocycles. The minimum absolute atomic E-state index is 0.335. The van der Waals surface area contributed by atoms with Crippen molar-refractivity contribution in [3.05, 3.63) is 140 Å². The molecule has 38 heavy (non-hydrogen) atoms. The summed E-state index contributed by atoms with van der Waals surface area (Å²) in [7, 11) is 0. The molecule has 0 heterocycles. The second-order valence-electron chi connectivity index (χ2n) is 12.6. The lowest BCUT2D eigenvalue weighted by Crippen LogP contribution is -2.23. The van der Waals surface area contributed by atoms with Crippen molar-refractivity contribution in [2.24, 2.45) is 0 Å². The van der Waals surface area contributed by atoms with Gasteiger partial charge in [0.05, 0.1) is 0 Å². The molecule has 4 aliphatic rings. The van der Waals surface area contributed by atoms with E-state index in [9.17, 15) is 0 Å². The highest BCUT2D eigenvalue weighted by molar-refractivity contribution is 5.59. The molecule has 2 spiro atoms. The van der Waals surface area contributed by atoms with Gasteiger partial charge in [-0.25, -0.2) is 0 Å². The Bertz CT molecular complexity index is 1330. The maximum Gasteiger partial charge on any atom is 0.0219 e. The van der Waals surface area contributed by atoms with Gasteiger partial charge in [-0.2, -0.15) is 0 Å². The van der Waals surface area contributed by atoms with E-state index >= 15 is 0 Å². The van der Waals surface area contributed by atoms with E-state index < -0.39 is 0 Å². The second-order valence-corrected chi connectivity index (χ2v) is 12.6. The van der Waals surface area contributed by atoms with Crippen LogP contribution in [0.15, 0.2) is 72.8 Å². The summed E-state index contributed by atoms with van der Waals surface area (Å²) in [6.45, 7) is 9.18. The van der Waals surface area contributed by atoms with Crippen LogP contribution >= 0.6 is 0 Å². The largest absolute Gasteiger partial charge is 0.0617 e. The minimum atomic E-state index is 0.335. The zero-order valence-electron chi connectivity index (χ0n) is 23.6. The van der Waals surface area contributed by atoms with E-state index in [1.54, 1.807) is 44.5 Å². The van der Waals surface area contributed by atoms with Crippen molar-refractivity contribution in [1.29, 1.82) is 0 Å². The summed E-state index contributed by atoms with van der Waals surface area (Å²) in [5, 5.41) is 0. The van der Waals surface area contributed by atoms with Crippen molar-refractivity contribution >= 4 is 0 Å². The molecule has 0 atom stereocenters. The van der Waals surface area contributed by atoms with Gasteiger partial charge in [-0.1, -0.05) is 72.8 Å². The van der Waals surface area contributed by atoms with Gasteiger partial charge in [0, 0.05) is 10.8 Å². The number of rotatable bonds is 0. The number of fused-ring (bicyclic) bond motifs is 8. The van der Waals surface area contributed by atoms with E-state index in [0.29, 0.717) is 10.8 Å². The van der Waals surface area contributed by atoms with Crippen LogP contribution in [0, 0.1) is 27.7 Å². The second kappa shape index (κ2) is 8.70. The number of aryl methyl sites for hydroxylation is 8. The smallest absolute Gasteiger partial charge is 0.0219 e. The average Bonchev–Trinajstić information content (AvgIpc) is 3.68. The van der Waals surface area contributed by atoms with Crippen molar-refractivity contribution in [1.82, 2.24) is 0 Å². The van der Waals surface area contributed by atoms with Crippen molar-refractivity contribution in [2.45, 2.75) is 89.9 Å². The molecular weight excluding hydrogens is 456 g/mol. The predicted molar refractivity (Wildman–Crippen MR) is 160 cm³/mol. The summed E-state index contributed by atoms with van der Waals surface area (Å²) in [5.74, 6) is 0. The van der Waals surface area contributed by atoms with Gasteiger partial charge >= 0.3 is 0 Å². The molecule has 0 nitrogen and oxygen atoms in total. The highest BCUT2D eigenvalue weighted by Crippen LogP contribution is 2.55. The van der Waals surface area contributed by atoms with E-state index in [4.69, 9.17) is 0 Å². The Labute approximate surface area is 229 Å². The van der Waals surface area contributed by atoms with Gasteiger partial charge in [-0.3, -0.25) is 0 Å². The lowest BCUT2D eigenvalue weighted by atomic mass is 9.73. The summed E-state index contributed by atoms with van der Waals surface area (Å²) < 4.78 is 0. The van der Waals surface area contributed by atoms with Crippen LogP contribution in [-0.4, -0.2) is 0 Å². The highest BCUT2D eigenvalue weighted by Gasteiger charge is 2.47. The summed E-state index contributed by atoms with van der Waals surface area (Å²) in [6, 6.07) is 27.4. The van der Waals surface area contributed by atoms with Crippen LogP contribution < -0.4 is 0 Å². The molecule has 0 bridgehead atoms. The molecule has 0 fully saturated rings. The van der Waals surface area contributed by atoms with Crippen molar-refractivity contribution in [3.8, 4) is 0 Å². The lowest BCUT2D eigenvalue weighted by Gasteiger charge is -2.29. The van der Waals surface area contributed by atoms with Crippen LogP contribution in [0.4, 0.5) is 0 Å². The van der Waals surface area contributed by atoms with E-state index in [1.807, 2.05) is 0 Å². The van der Waals surface area contributed by atoms with Gasteiger partial charge in [-0.05, 0) is 146 Å². The quantitative estimate of drug-likeness (QED) is 0.228. The van der Waals surface area contributed by atoms with Crippen molar-refractivity contribution in [2.75, 3.05) is 0 Å². The molecule has 0 saturated heterocycles. The molecule has 4 aromatic carbocycles. The summed E-state index contributed by atoms with van der Waals surface area (Å²) in [5.41, 5.74) is 19.6. The molecule has 0 saturated carbocycles. The molecule has 0 unspecified atom stereocenters. The highest BCUT2D eigenvalue weighted by atomic mass is 14.5. The van der Waals surface area contributed by atoms with Gasteiger partial charge in [0.25, 0.3) is 0 Å². The number of hydrogen-bond acceptors (Lipinski definition) is 0. The normalized spacial score (nSPS) is 18.6. The lowest BCUT2D eigenvalue weighted by molar-refractivity contribution is 0.503. The van der Waals surface area contributed by atoms with Crippen molar-refractivity contribution < 1.29 is 0 Å². The molecule has 0 aromatic heterocycles. The van der Waals surface area contributed by atoms with Gasteiger partial charge < -0.3 is 0 Å². The Morgan fingerprint density at radius 2 is 0.605 bits per heavy atom. The zero-order chi connectivity index (χ0) is 26.1. The first-order valence-electron chi connectivity index (χ1n) is 14.8.